The maximum Gasteiger partial charge on any atom is 0.310 e. The van der Waals surface area contributed by atoms with Crippen molar-refractivity contribution in [2.75, 3.05) is 20.3 Å². The van der Waals surface area contributed by atoms with Crippen LogP contribution < -0.4 is 14.8 Å². The quantitative estimate of drug-likeness (QED) is 0.730. The molecule has 27 heavy (non-hydrogen) atoms. The molecule has 7 heteroatoms. The highest BCUT2D eigenvalue weighted by Gasteiger charge is 2.29. The first-order chi connectivity index (χ1) is 13.0. The number of hydrogen-bond acceptors (Lipinski definition) is 5. The Morgan fingerprint density at radius 1 is 1.15 bits per heavy atom. The van der Waals surface area contributed by atoms with Gasteiger partial charge in [-0.3, -0.25) is 9.59 Å². The van der Waals surface area contributed by atoms with Gasteiger partial charge in [-0.1, -0.05) is 30.3 Å². The number of esters is 1. The van der Waals surface area contributed by atoms with Crippen molar-refractivity contribution in [1.29, 1.82) is 0 Å². The van der Waals surface area contributed by atoms with E-state index in [1.807, 2.05) is 30.3 Å². The van der Waals surface area contributed by atoms with Gasteiger partial charge in [0.2, 0.25) is 0 Å². The molecule has 1 aliphatic rings. The number of carbonyl (C=O) groups excluding carboxylic acids is 2. The van der Waals surface area contributed by atoms with Crippen molar-refractivity contribution >= 4 is 27.8 Å². The molecule has 2 aromatic rings. The normalized spacial score (nSPS) is 14.8. The van der Waals surface area contributed by atoms with E-state index in [0.717, 1.165) is 5.56 Å². The molecule has 0 fully saturated rings. The van der Waals surface area contributed by atoms with Crippen molar-refractivity contribution in [3.8, 4) is 11.5 Å². The number of hydrogen-bond donors (Lipinski definition) is 1. The average molecular weight is 434 g/mol. The zero-order valence-corrected chi connectivity index (χ0v) is 16.6. The molecule has 6 nitrogen and oxygen atoms in total. The van der Waals surface area contributed by atoms with Crippen molar-refractivity contribution in [2.45, 2.75) is 13.0 Å². The van der Waals surface area contributed by atoms with E-state index in [1.165, 1.54) is 7.11 Å². The van der Waals surface area contributed by atoms with Crippen LogP contribution in [0.4, 0.5) is 0 Å². The standard InChI is InChI=1S/C20H20BrNO5/c1-12(20(24)25-2)17(13-6-4-3-5-7-13)22-19(23)14-10-15(21)18-16(11-14)26-8-9-27-18/h3-7,10-12,17H,8-9H2,1-2H3,(H,22,23)/t12-,17-/m0/s1. The molecule has 1 N–H and O–H groups in total. The van der Waals surface area contributed by atoms with Crippen LogP contribution >= 0.6 is 15.9 Å². The van der Waals surface area contributed by atoms with Gasteiger partial charge < -0.3 is 19.5 Å². The van der Waals surface area contributed by atoms with E-state index >= 15 is 0 Å². The third kappa shape index (κ3) is 4.24. The lowest BCUT2D eigenvalue weighted by molar-refractivity contribution is -0.145. The minimum atomic E-state index is -0.554. The predicted octanol–water partition coefficient (Wildman–Crippen LogP) is 3.50. The topological polar surface area (TPSA) is 73.9 Å². The Balaban J connectivity index is 1.88. The zero-order chi connectivity index (χ0) is 19.4. The van der Waals surface area contributed by atoms with Crippen molar-refractivity contribution in [3.63, 3.8) is 0 Å². The lowest BCUT2D eigenvalue weighted by Gasteiger charge is -2.25. The van der Waals surface area contributed by atoms with E-state index in [2.05, 4.69) is 21.2 Å². The number of benzene rings is 2. The molecule has 142 valence electrons. The van der Waals surface area contributed by atoms with Crippen molar-refractivity contribution in [3.05, 3.63) is 58.1 Å². The van der Waals surface area contributed by atoms with E-state index in [0.29, 0.717) is 34.7 Å². The fourth-order valence-corrected chi connectivity index (χ4v) is 3.50. The highest BCUT2D eigenvalue weighted by atomic mass is 79.9. The molecule has 0 spiro atoms. The van der Waals surface area contributed by atoms with Gasteiger partial charge in [0.1, 0.15) is 13.2 Å². The van der Waals surface area contributed by atoms with Gasteiger partial charge in [-0.05, 0) is 40.5 Å². The monoisotopic (exact) mass is 433 g/mol. The van der Waals surface area contributed by atoms with Crippen LogP contribution in [0.3, 0.4) is 0 Å². The molecular weight excluding hydrogens is 414 g/mol. The third-order valence-corrected chi connectivity index (χ3v) is 4.97. The number of amides is 1. The van der Waals surface area contributed by atoms with Gasteiger partial charge in [0.25, 0.3) is 5.91 Å². The molecule has 0 aliphatic carbocycles. The molecule has 1 aliphatic heterocycles. The minimum Gasteiger partial charge on any atom is -0.486 e. The molecule has 1 heterocycles. The van der Waals surface area contributed by atoms with Gasteiger partial charge in [-0.25, -0.2) is 0 Å². The van der Waals surface area contributed by atoms with E-state index in [4.69, 9.17) is 14.2 Å². The van der Waals surface area contributed by atoms with Crippen LogP contribution in [0.5, 0.6) is 11.5 Å². The van der Waals surface area contributed by atoms with E-state index < -0.39 is 17.9 Å². The summed E-state index contributed by atoms with van der Waals surface area (Å²) in [6, 6.07) is 12.1. The molecule has 0 bridgehead atoms. The van der Waals surface area contributed by atoms with Crippen molar-refractivity contribution in [1.82, 2.24) is 5.32 Å². The summed E-state index contributed by atoms with van der Waals surface area (Å²) in [7, 11) is 1.33. The Hall–Kier alpha value is -2.54. The van der Waals surface area contributed by atoms with Gasteiger partial charge in [0.05, 0.1) is 23.5 Å². The summed E-state index contributed by atoms with van der Waals surface area (Å²) in [6.07, 6.45) is 0. The first-order valence-electron chi connectivity index (χ1n) is 8.54. The number of rotatable bonds is 5. The largest absolute Gasteiger partial charge is 0.486 e. The van der Waals surface area contributed by atoms with Crippen LogP contribution in [-0.2, 0) is 9.53 Å². The van der Waals surface area contributed by atoms with Gasteiger partial charge in [-0.2, -0.15) is 0 Å². The van der Waals surface area contributed by atoms with Crippen LogP contribution in [0.25, 0.3) is 0 Å². The molecule has 0 saturated carbocycles. The van der Waals surface area contributed by atoms with E-state index in [9.17, 15) is 9.59 Å². The fraction of sp³-hybridized carbons (Fsp3) is 0.300. The van der Waals surface area contributed by atoms with Gasteiger partial charge >= 0.3 is 5.97 Å². The van der Waals surface area contributed by atoms with Crippen LogP contribution in [0.15, 0.2) is 46.9 Å². The number of fused-ring (bicyclic) bond motifs is 1. The molecule has 1 amide bonds. The van der Waals surface area contributed by atoms with Crippen LogP contribution in [0.2, 0.25) is 0 Å². The summed E-state index contributed by atoms with van der Waals surface area (Å²) < 4.78 is 16.6. The zero-order valence-electron chi connectivity index (χ0n) is 15.0. The van der Waals surface area contributed by atoms with Gasteiger partial charge in [-0.15, -0.1) is 0 Å². The van der Waals surface area contributed by atoms with Crippen LogP contribution in [0, 0.1) is 5.92 Å². The Morgan fingerprint density at radius 2 is 1.85 bits per heavy atom. The number of methoxy groups -OCH3 is 1. The molecular formula is C20H20BrNO5. The number of halogens is 1. The second-order valence-electron chi connectivity index (χ2n) is 6.16. The minimum absolute atomic E-state index is 0.322. The van der Waals surface area contributed by atoms with Crippen LogP contribution in [0.1, 0.15) is 28.9 Å². The summed E-state index contributed by atoms with van der Waals surface area (Å²) in [4.78, 5) is 25.0. The Kier molecular flexibility index (Phi) is 6.01. The van der Waals surface area contributed by atoms with Gasteiger partial charge in [0.15, 0.2) is 11.5 Å². The fourth-order valence-electron chi connectivity index (χ4n) is 2.95. The maximum absolute atomic E-state index is 12.9. The summed E-state index contributed by atoms with van der Waals surface area (Å²) in [5.41, 5.74) is 1.23. The van der Waals surface area contributed by atoms with Crippen LogP contribution in [-0.4, -0.2) is 32.2 Å². The lowest BCUT2D eigenvalue weighted by Crippen LogP contribution is -2.36. The van der Waals surface area contributed by atoms with E-state index in [1.54, 1.807) is 19.1 Å². The molecule has 0 saturated heterocycles. The smallest absolute Gasteiger partial charge is 0.310 e. The Bertz CT molecular complexity index is 840. The molecule has 0 radical (unpaired) electrons. The molecule has 3 rings (SSSR count). The summed E-state index contributed by atoms with van der Waals surface area (Å²) in [6.45, 7) is 2.61. The number of carbonyl (C=O) groups is 2. The molecule has 2 aromatic carbocycles. The first-order valence-corrected chi connectivity index (χ1v) is 9.33. The second kappa shape index (κ2) is 8.43. The third-order valence-electron chi connectivity index (χ3n) is 4.38. The first kappa shape index (κ1) is 19.2. The summed E-state index contributed by atoms with van der Waals surface area (Å²) in [5, 5.41) is 2.94. The highest BCUT2D eigenvalue weighted by molar-refractivity contribution is 9.10. The summed E-state index contributed by atoms with van der Waals surface area (Å²) in [5.74, 6) is -0.176. The number of ether oxygens (including phenoxy) is 3. The molecule has 0 aromatic heterocycles. The predicted molar refractivity (Wildman–Crippen MR) is 103 cm³/mol. The van der Waals surface area contributed by atoms with Crippen molar-refractivity contribution < 1.29 is 23.8 Å². The second-order valence-corrected chi connectivity index (χ2v) is 7.01. The number of nitrogens with one attached hydrogen (secondary N) is 1. The molecule has 2 atom stereocenters. The van der Waals surface area contributed by atoms with Crippen molar-refractivity contribution in [2.24, 2.45) is 5.92 Å². The Labute approximate surface area is 165 Å². The van der Waals surface area contributed by atoms with Gasteiger partial charge in [0, 0.05) is 5.56 Å². The Morgan fingerprint density at radius 3 is 2.56 bits per heavy atom. The maximum atomic E-state index is 12.9. The highest BCUT2D eigenvalue weighted by Crippen LogP contribution is 2.38. The summed E-state index contributed by atoms with van der Waals surface area (Å²) >= 11 is 3.42. The SMILES string of the molecule is COC(=O)[C@@H](C)[C@H](NC(=O)c1cc(Br)c2c(c1)OCCO2)c1ccccc1. The molecule has 0 unspecified atom stereocenters. The van der Waals surface area contributed by atoms with E-state index in [-0.39, 0.29) is 5.91 Å². The lowest BCUT2D eigenvalue weighted by atomic mass is 9.94. The average Bonchev–Trinajstić information content (AvgIpc) is 2.71.